The number of nitrogens with zero attached hydrogens (tertiary/aromatic N) is 1. The van der Waals surface area contributed by atoms with E-state index in [0.717, 1.165) is 0 Å². The van der Waals surface area contributed by atoms with Crippen molar-refractivity contribution in [3.05, 3.63) is 23.8 Å². The van der Waals surface area contributed by atoms with Crippen LogP contribution in [0, 0.1) is 0 Å². The molecule has 0 heterocycles. The Morgan fingerprint density at radius 1 is 1.32 bits per heavy atom. The van der Waals surface area contributed by atoms with E-state index in [9.17, 15) is 5.11 Å². The zero-order valence-electron chi connectivity index (χ0n) is 12.4. The lowest BCUT2D eigenvalue weighted by Crippen LogP contribution is -2.51. The van der Waals surface area contributed by atoms with Crippen LogP contribution in [0.5, 0.6) is 11.5 Å². The number of phenolic OH excluding ortho intramolecular Hbond substituents is 1. The number of benzene rings is 1. The SMILES string of the molecule is CCOc1cccc(C=NC(C)(C)C(C)(C)N)c1O. The summed E-state index contributed by atoms with van der Waals surface area (Å²) in [5, 5.41) is 10.1. The van der Waals surface area contributed by atoms with Crippen LogP contribution in [0.3, 0.4) is 0 Å². The summed E-state index contributed by atoms with van der Waals surface area (Å²) in [4.78, 5) is 4.49. The number of aromatic hydroxyl groups is 1. The van der Waals surface area contributed by atoms with Crippen LogP contribution in [-0.2, 0) is 0 Å². The molecular formula is C15H24N2O2. The normalized spacial score (nSPS) is 12.9. The third-order valence-electron chi connectivity index (χ3n) is 3.43. The Kier molecular flexibility index (Phi) is 4.58. The maximum absolute atomic E-state index is 10.1. The Morgan fingerprint density at radius 3 is 2.47 bits per heavy atom. The molecule has 4 heteroatoms. The molecule has 0 spiro atoms. The summed E-state index contributed by atoms with van der Waals surface area (Å²) in [6.45, 7) is 10.2. The summed E-state index contributed by atoms with van der Waals surface area (Å²) >= 11 is 0. The summed E-state index contributed by atoms with van der Waals surface area (Å²) < 4.78 is 5.34. The van der Waals surface area contributed by atoms with Crippen molar-refractivity contribution < 1.29 is 9.84 Å². The maximum atomic E-state index is 10.1. The van der Waals surface area contributed by atoms with Gasteiger partial charge in [0.25, 0.3) is 0 Å². The minimum absolute atomic E-state index is 0.110. The Labute approximate surface area is 115 Å². The van der Waals surface area contributed by atoms with Gasteiger partial charge in [0, 0.05) is 17.3 Å². The average molecular weight is 264 g/mol. The molecule has 3 N–H and O–H groups in total. The molecule has 0 aromatic heterocycles. The highest BCUT2D eigenvalue weighted by molar-refractivity contribution is 5.85. The first-order valence-corrected chi connectivity index (χ1v) is 6.48. The van der Waals surface area contributed by atoms with Gasteiger partial charge in [0.2, 0.25) is 0 Å². The van der Waals surface area contributed by atoms with Crippen molar-refractivity contribution in [1.82, 2.24) is 0 Å². The second kappa shape index (κ2) is 5.61. The van der Waals surface area contributed by atoms with Gasteiger partial charge >= 0.3 is 0 Å². The van der Waals surface area contributed by atoms with Gasteiger partial charge in [-0.05, 0) is 46.8 Å². The highest BCUT2D eigenvalue weighted by Gasteiger charge is 2.32. The van der Waals surface area contributed by atoms with E-state index in [2.05, 4.69) is 4.99 Å². The summed E-state index contributed by atoms with van der Waals surface area (Å²) in [5.41, 5.74) is 5.84. The van der Waals surface area contributed by atoms with Crippen LogP contribution in [0.4, 0.5) is 0 Å². The van der Waals surface area contributed by atoms with Gasteiger partial charge in [0.1, 0.15) is 0 Å². The minimum atomic E-state index is -0.448. The van der Waals surface area contributed by atoms with E-state index in [1.165, 1.54) is 0 Å². The molecule has 0 atom stereocenters. The van der Waals surface area contributed by atoms with Crippen LogP contribution < -0.4 is 10.5 Å². The predicted molar refractivity (Wildman–Crippen MR) is 79.2 cm³/mol. The van der Waals surface area contributed by atoms with Gasteiger partial charge in [-0.2, -0.15) is 0 Å². The molecule has 19 heavy (non-hydrogen) atoms. The molecule has 1 aromatic rings. The van der Waals surface area contributed by atoms with Gasteiger partial charge in [0.15, 0.2) is 11.5 Å². The van der Waals surface area contributed by atoms with E-state index in [0.29, 0.717) is 17.9 Å². The second-order valence-electron chi connectivity index (χ2n) is 5.67. The Bertz CT molecular complexity index is 460. The molecule has 0 fully saturated rings. The highest BCUT2D eigenvalue weighted by Crippen LogP contribution is 2.29. The zero-order valence-corrected chi connectivity index (χ0v) is 12.4. The fraction of sp³-hybridized carbons (Fsp3) is 0.533. The Morgan fingerprint density at radius 2 is 1.95 bits per heavy atom. The average Bonchev–Trinajstić information content (AvgIpc) is 2.29. The van der Waals surface area contributed by atoms with Gasteiger partial charge < -0.3 is 15.6 Å². The van der Waals surface area contributed by atoms with E-state index >= 15 is 0 Å². The minimum Gasteiger partial charge on any atom is -0.504 e. The summed E-state index contributed by atoms with van der Waals surface area (Å²) in [5.74, 6) is 0.579. The molecule has 0 saturated carbocycles. The standard InChI is InChI=1S/C15H24N2O2/c1-6-19-12-9-7-8-11(13(12)18)10-17-15(4,5)14(2,3)16/h7-10,18H,6,16H2,1-5H3. The first kappa shape index (κ1) is 15.5. The van der Waals surface area contributed by atoms with Gasteiger partial charge in [-0.15, -0.1) is 0 Å². The molecule has 4 nitrogen and oxygen atoms in total. The number of nitrogens with two attached hydrogens (primary N) is 1. The topological polar surface area (TPSA) is 67.8 Å². The van der Waals surface area contributed by atoms with E-state index in [1.54, 1.807) is 18.3 Å². The lowest BCUT2D eigenvalue weighted by Gasteiger charge is -2.34. The molecule has 0 bridgehead atoms. The molecule has 0 aliphatic heterocycles. The fourth-order valence-electron chi connectivity index (χ4n) is 1.31. The molecule has 0 radical (unpaired) electrons. The molecule has 0 aliphatic rings. The largest absolute Gasteiger partial charge is 0.504 e. The van der Waals surface area contributed by atoms with Crippen LogP contribution >= 0.6 is 0 Å². The van der Waals surface area contributed by atoms with E-state index in [1.807, 2.05) is 40.7 Å². The van der Waals surface area contributed by atoms with Crippen molar-refractivity contribution in [2.24, 2.45) is 10.7 Å². The smallest absolute Gasteiger partial charge is 0.166 e. The number of hydrogen-bond acceptors (Lipinski definition) is 4. The third-order valence-corrected chi connectivity index (χ3v) is 3.43. The van der Waals surface area contributed by atoms with Crippen molar-refractivity contribution in [3.8, 4) is 11.5 Å². The fourth-order valence-corrected chi connectivity index (χ4v) is 1.31. The lowest BCUT2D eigenvalue weighted by molar-refractivity contribution is 0.312. The quantitative estimate of drug-likeness (QED) is 0.803. The third kappa shape index (κ3) is 3.70. The van der Waals surface area contributed by atoms with Crippen LogP contribution in [-0.4, -0.2) is 29.0 Å². The highest BCUT2D eigenvalue weighted by atomic mass is 16.5. The molecule has 0 unspecified atom stereocenters. The van der Waals surface area contributed by atoms with Gasteiger partial charge in [-0.1, -0.05) is 6.07 Å². The monoisotopic (exact) mass is 264 g/mol. The second-order valence-corrected chi connectivity index (χ2v) is 5.67. The Hall–Kier alpha value is -1.55. The molecular weight excluding hydrogens is 240 g/mol. The number of hydrogen-bond donors (Lipinski definition) is 2. The van der Waals surface area contributed by atoms with Crippen LogP contribution in [0.2, 0.25) is 0 Å². The molecule has 0 amide bonds. The van der Waals surface area contributed by atoms with Crippen molar-refractivity contribution in [1.29, 1.82) is 0 Å². The first-order valence-electron chi connectivity index (χ1n) is 6.48. The molecule has 1 aromatic carbocycles. The molecule has 106 valence electrons. The summed E-state index contributed by atoms with van der Waals surface area (Å²) in [6, 6.07) is 5.35. The first-order chi connectivity index (χ1) is 8.69. The number of phenols is 1. The van der Waals surface area contributed by atoms with Crippen LogP contribution in [0.15, 0.2) is 23.2 Å². The lowest BCUT2D eigenvalue weighted by atomic mass is 9.84. The van der Waals surface area contributed by atoms with E-state index in [-0.39, 0.29) is 5.75 Å². The van der Waals surface area contributed by atoms with Gasteiger partial charge in [-0.3, -0.25) is 4.99 Å². The summed E-state index contributed by atoms with van der Waals surface area (Å²) in [6.07, 6.45) is 1.65. The van der Waals surface area contributed by atoms with Crippen molar-refractivity contribution in [3.63, 3.8) is 0 Å². The van der Waals surface area contributed by atoms with E-state index < -0.39 is 11.1 Å². The number of para-hydroxylation sites is 1. The Balaban J connectivity index is 3.03. The summed E-state index contributed by atoms with van der Waals surface area (Å²) in [7, 11) is 0. The zero-order chi connectivity index (χ0) is 14.7. The van der Waals surface area contributed by atoms with Crippen molar-refractivity contribution >= 4 is 6.21 Å². The van der Waals surface area contributed by atoms with Crippen molar-refractivity contribution in [2.45, 2.75) is 45.7 Å². The number of ether oxygens (including phenoxy) is 1. The predicted octanol–water partition coefficient (Wildman–Crippen LogP) is 2.73. The molecule has 1 rings (SSSR count). The van der Waals surface area contributed by atoms with Crippen LogP contribution in [0.1, 0.15) is 40.2 Å². The molecule has 0 aliphatic carbocycles. The maximum Gasteiger partial charge on any atom is 0.166 e. The van der Waals surface area contributed by atoms with Gasteiger partial charge in [-0.25, -0.2) is 0 Å². The van der Waals surface area contributed by atoms with E-state index in [4.69, 9.17) is 10.5 Å². The molecule has 0 saturated heterocycles. The van der Waals surface area contributed by atoms with Gasteiger partial charge in [0.05, 0.1) is 12.1 Å². The van der Waals surface area contributed by atoms with Crippen molar-refractivity contribution in [2.75, 3.05) is 6.61 Å². The van der Waals surface area contributed by atoms with Crippen LogP contribution in [0.25, 0.3) is 0 Å². The number of rotatable bonds is 5. The number of aliphatic imine (C=N–C) groups is 1.